The van der Waals surface area contributed by atoms with E-state index in [9.17, 15) is 9.59 Å². The van der Waals surface area contributed by atoms with Crippen LogP contribution in [0.2, 0.25) is 0 Å². The largest absolute Gasteiger partial charge is 0.354 e. The van der Waals surface area contributed by atoms with Crippen molar-refractivity contribution in [2.45, 2.75) is 25.3 Å². The third-order valence-electron chi connectivity index (χ3n) is 3.43. The molecule has 20 heavy (non-hydrogen) atoms. The fraction of sp³-hybridized carbons (Fsp3) is 0.357. The van der Waals surface area contributed by atoms with Crippen LogP contribution in [0.25, 0.3) is 10.2 Å². The van der Waals surface area contributed by atoms with Gasteiger partial charge in [-0.05, 0) is 37.5 Å². The third-order valence-corrected chi connectivity index (χ3v) is 4.23. The summed E-state index contributed by atoms with van der Waals surface area (Å²) < 4.78 is 0.975. The molecule has 104 valence electrons. The van der Waals surface area contributed by atoms with Crippen molar-refractivity contribution in [1.29, 1.82) is 0 Å². The lowest BCUT2D eigenvalue weighted by Crippen LogP contribution is -2.45. The zero-order valence-electron chi connectivity index (χ0n) is 10.9. The zero-order chi connectivity index (χ0) is 13.9. The van der Waals surface area contributed by atoms with Crippen molar-refractivity contribution >= 4 is 33.4 Å². The van der Waals surface area contributed by atoms with Gasteiger partial charge < -0.3 is 10.6 Å². The number of amides is 2. The second-order valence-corrected chi connectivity index (χ2v) is 5.73. The molecule has 3 rings (SSSR count). The molecule has 6 heteroatoms. The van der Waals surface area contributed by atoms with E-state index in [1.807, 2.05) is 12.1 Å². The van der Waals surface area contributed by atoms with Crippen LogP contribution in [0.3, 0.4) is 0 Å². The summed E-state index contributed by atoms with van der Waals surface area (Å²) >= 11 is 1.50. The number of nitrogens with zero attached hydrogens (tertiary/aromatic N) is 1. The Hall–Kier alpha value is -1.95. The molecule has 5 nitrogen and oxygen atoms in total. The van der Waals surface area contributed by atoms with E-state index in [1.54, 1.807) is 11.6 Å². The van der Waals surface area contributed by atoms with Gasteiger partial charge in [-0.25, -0.2) is 4.98 Å². The molecular formula is C14H15N3O2S. The molecule has 1 unspecified atom stereocenters. The molecular weight excluding hydrogens is 274 g/mol. The van der Waals surface area contributed by atoms with E-state index in [4.69, 9.17) is 0 Å². The van der Waals surface area contributed by atoms with Gasteiger partial charge in [-0.3, -0.25) is 9.59 Å². The molecule has 1 saturated heterocycles. The minimum absolute atomic E-state index is 0.0882. The van der Waals surface area contributed by atoms with E-state index in [0.29, 0.717) is 18.5 Å². The fourth-order valence-electron chi connectivity index (χ4n) is 2.31. The highest BCUT2D eigenvalue weighted by Gasteiger charge is 2.22. The molecule has 2 N–H and O–H groups in total. The number of benzene rings is 1. The molecule has 0 saturated carbocycles. The van der Waals surface area contributed by atoms with Crippen LogP contribution in [0.1, 0.15) is 29.6 Å². The molecule has 1 fully saturated rings. The van der Waals surface area contributed by atoms with Crippen molar-refractivity contribution < 1.29 is 9.59 Å². The molecule has 1 aliphatic heterocycles. The first-order valence-corrected chi connectivity index (χ1v) is 7.54. The highest BCUT2D eigenvalue weighted by Crippen LogP contribution is 2.19. The Morgan fingerprint density at radius 3 is 3.20 bits per heavy atom. The minimum Gasteiger partial charge on any atom is -0.354 e. The first-order valence-electron chi connectivity index (χ1n) is 6.66. The number of thiazole rings is 1. The maximum atomic E-state index is 12.2. The van der Waals surface area contributed by atoms with Crippen molar-refractivity contribution in [3.63, 3.8) is 0 Å². The van der Waals surface area contributed by atoms with E-state index in [1.165, 1.54) is 11.3 Å². The monoisotopic (exact) mass is 289 g/mol. The maximum absolute atomic E-state index is 12.2. The Labute approximate surface area is 120 Å². The van der Waals surface area contributed by atoms with E-state index >= 15 is 0 Å². The average Bonchev–Trinajstić information content (AvgIpc) is 2.83. The van der Waals surface area contributed by atoms with Crippen LogP contribution >= 0.6 is 11.3 Å². The molecule has 0 spiro atoms. The number of nitrogens with one attached hydrogen (secondary N) is 2. The van der Waals surface area contributed by atoms with Gasteiger partial charge in [0.25, 0.3) is 5.91 Å². The van der Waals surface area contributed by atoms with Crippen molar-refractivity contribution in [2.24, 2.45) is 0 Å². The molecule has 2 aromatic rings. The standard InChI is InChI=1S/C14H15N3O2S/c18-13(17-11-3-1-2-6-15-14(11)19)9-4-5-10-12(7-9)20-8-16-10/h4-5,7-8,11H,1-3,6H2,(H,15,19)(H,17,18). The van der Waals surface area contributed by atoms with Crippen LogP contribution in [-0.2, 0) is 4.79 Å². The molecule has 1 atom stereocenters. The Kier molecular flexibility index (Phi) is 3.64. The minimum atomic E-state index is -0.429. The SMILES string of the molecule is O=C(NC1CCCCNC1=O)c1ccc2ncsc2c1. The summed E-state index contributed by atoms with van der Waals surface area (Å²) in [5.41, 5.74) is 3.21. The van der Waals surface area contributed by atoms with E-state index in [2.05, 4.69) is 15.6 Å². The summed E-state index contributed by atoms with van der Waals surface area (Å²) in [5.74, 6) is -0.294. The highest BCUT2D eigenvalue weighted by molar-refractivity contribution is 7.16. The number of aromatic nitrogens is 1. The van der Waals surface area contributed by atoms with E-state index in [0.717, 1.165) is 23.1 Å². The summed E-state index contributed by atoms with van der Waals surface area (Å²) in [6, 6.07) is 4.96. The van der Waals surface area contributed by atoms with Gasteiger partial charge >= 0.3 is 0 Å². The quantitative estimate of drug-likeness (QED) is 0.884. The first kappa shape index (κ1) is 13.1. The second kappa shape index (κ2) is 5.58. The van der Waals surface area contributed by atoms with Gasteiger partial charge in [0.05, 0.1) is 15.7 Å². The lowest BCUT2D eigenvalue weighted by Gasteiger charge is -2.15. The number of carbonyl (C=O) groups is 2. The summed E-state index contributed by atoms with van der Waals surface area (Å²) in [5, 5.41) is 5.63. The average molecular weight is 289 g/mol. The van der Waals surface area contributed by atoms with Crippen LogP contribution in [0.5, 0.6) is 0 Å². The smallest absolute Gasteiger partial charge is 0.251 e. The number of hydrogen-bond donors (Lipinski definition) is 2. The van der Waals surface area contributed by atoms with Gasteiger partial charge in [0, 0.05) is 12.1 Å². The number of carbonyl (C=O) groups excluding carboxylic acids is 2. The fourth-order valence-corrected chi connectivity index (χ4v) is 3.03. The number of rotatable bonds is 2. The van der Waals surface area contributed by atoms with Crippen LogP contribution in [0.4, 0.5) is 0 Å². The lowest BCUT2D eigenvalue weighted by atomic mass is 10.1. The van der Waals surface area contributed by atoms with E-state index < -0.39 is 6.04 Å². The predicted molar refractivity (Wildman–Crippen MR) is 77.7 cm³/mol. The van der Waals surface area contributed by atoms with E-state index in [-0.39, 0.29) is 11.8 Å². The topological polar surface area (TPSA) is 71.1 Å². The van der Waals surface area contributed by atoms with Crippen molar-refractivity contribution in [3.05, 3.63) is 29.3 Å². The van der Waals surface area contributed by atoms with Crippen LogP contribution < -0.4 is 10.6 Å². The van der Waals surface area contributed by atoms with Gasteiger partial charge in [0.2, 0.25) is 5.91 Å². The van der Waals surface area contributed by atoms with Crippen molar-refractivity contribution in [2.75, 3.05) is 6.54 Å². The third kappa shape index (κ3) is 2.65. The molecule has 1 aromatic heterocycles. The molecule has 0 bridgehead atoms. The van der Waals surface area contributed by atoms with Crippen LogP contribution in [-0.4, -0.2) is 29.4 Å². The van der Waals surface area contributed by atoms with Gasteiger partial charge in [-0.2, -0.15) is 0 Å². The molecule has 0 radical (unpaired) electrons. The summed E-state index contributed by atoms with van der Waals surface area (Å²) in [6.45, 7) is 0.692. The molecule has 2 amide bonds. The lowest BCUT2D eigenvalue weighted by molar-refractivity contribution is -0.122. The summed E-state index contributed by atoms with van der Waals surface area (Å²) in [4.78, 5) is 28.2. The van der Waals surface area contributed by atoms with Gasteiger partial charge in [-0.1, -0.05) is 0 Å². The molecule has 0 aliphatic carbocycles. The van der Waals surface area contributed by atoms with Crippen molar-refractivity contribution in [3.8, 4) is 0 Å². The molecule has 1 aliphatic rings. The van der Waals surface area contributed by atoms with Gasteiger partial charge in [0.1, 0.15) is 6.04 Å². The van der Waals surface area contributed by atoms with Crippen LogP contribution in [0.15, 0.2) is 23.7 Å². The predicted octanol–water partition coefficient (Wildman–Crippen LogP) is 1.69. The number of hydrogen-bond acceptors (Lipinski definition) is 4. The maximum Gasteiger partial charge on any atom is 0.251 e. The highest BCUT2D eigenvalue weighted by atomic mass is 32.1. The Balaban J connectivity index is 1.76. The zero-order valence-corrected chi connectivity index (χ0v) is 11.7. The normalized spacial score (nSPS) is 19.4. The van der Waals surface area contributed by atoms with Gasteiger partial charge in [-0.15, -0.1) is 11.3 Å². The Morgan fingerprint density at radius 1 is 1.40 bits per heavy atom. The number of fused-ring (bicyclic) bond motifs is 1. The van der Waals surface area contributed by atoms with Crippen molar-refractivity contribution in [1.82, 2.24) is 15.6 Å². The van der Waals surface area contributed by atoms with Gasteiger partial charge in [0.15, 0.2) is 0 Å². The first-order chi connectivity index (χ1) is 9.74. The Morgan fingerprint density at radius 2 is 2.30 bits per heavy atom. The van der Waals surface area contributed by atoms with Crippen LogP contribution in [0, 0.1) is 0 Å². The summed E-state index contributed by atoms with van der Waals surface area (Å²) in [6.07, 6.45) is 2.60. The Bertz CT molecular complexity index is 653. The molecule has 1 aromatic carbocycles. The summed E-state index contributed by atoms with van der Waals surface area (Å²) in [7, 11) is 0. The molecule has 2 heterocycles. The second-order valence-electron chi connectivity index (χ2n) is 4.85.